The molecule has 0 saturated carbocycles. The molecule has 0 fully saturated rings. The summed E-state index contributed by atoms with van der Waals surface area (Å²) in [6.45, 7) is 0. The zero-order valence-electron chi connectivity index (χ0n) is 16.3. The van der Waals surface area contributed by atoms with Crippen molar-refractivity contribution in [1.29, 1.82) is 0 Å². The lowest BCUT2D eigenvalue weighted by molar-refractivity contribution is 0.356. The molecule has 0 unspecified atom stereocenters. The summed E-state index contributed by atoms with van der Waals surface area (Å²) in [6, 6.07) is 35.2. The van der Waals surface area contributed by atoms with E-state index >= 15 is 0 Å². The van der Waals surface area contributed by atoms with Crippen molar-refractivity contribution in [2.24, 2.45) is 0 Å². The third-order valence-corrected chi connectivity index (χ3v) is 4.23. The largest absolute Gasteiger partial charge is 0.493 e. The van der Waals surface area contributed by atoms with Crippen molar-refractivity contribution >= 4 is 32.6 Å². The first-order valence-corrected chi connectivity index (χ1v) is 9.00. The van der Waals surface area contributed by atoms with Crippen molar-refractivity contribution in [3.8, 4) is 11.5 Å². The van der Waals surface area contributed by atoms with Crippen molar-refractivity contribution < 1.29 is 9.47 Å². The number of hydrogen-bond acceptors (Lipinski definition) is 4. The van der Waals surface area contributed by atoms with Gasteiger partial charge in [0, 0.05) is 35.3 Å². The molecule has 4 aromatic rings. The minimum absolute atomic E-state index is 0.568. The molecule has 0 radical (unpaired) electrons. The summed E-state index contributed by atoms with van der Waals surface area (Å²) >= 11 is 0. The summed E-state index contributed by atoms with van der Waals surface area (Å²) in [7, 11) is 3.16. The van der Waals surface area contributed by atoms with Gasteiger partial charge in [0.1, 0.15) is 11.0 Å². The maximum atomic E-state index is 5.43. The number of benzene rings is 1. The second-order valence-electron chi connectivity index (χ2n) is 6.05. The lowest BCUT2D eigenvalue weighted by Crippen LogP contribution is -1.89. The van der Waals surface area contributed by atoms with Crippen LogP contribution in [0.1, 0.15) is 0 Å². The first-order valence-electron chi connectivity index (χ1n) is 9.00. The predicted octanol–water partition coefficient (Wildman–Crippen LogP) is 4.60. The van der Waals surface area contributed by atoms with Crippen LogP contribution in [0.2, 0.25) is 0 Å². The van der Waals surface area contributed by atoms with Crippen LogP contribution < -0.4 is 9.47 Å². The Labute approximate surface area is 175 Å². The highest BCUT2D eigenvalue weighted by Gasteiger charge is 2.04. The number of fused-ring (bicyclic) bond motifs is 3. The molecular weight excluding hydrogens is 372 g/mol. The van der Waals surface area contributed by atoms with Crippen LogP contribution in [0.5, 0.6) is 11.5 Å². The number of pyridine rings is 2. The number of nitrogens with zero attached hydrogens (tertiary/aromatic N) is 2. The third-order valence-electron chi connectivity index (χ3n) is 4.23. The minimum atomic E-state index is 0.568. The smallest absolute Gasteiger partial charge is 0.162 e. The zero-order chi connectivity index (χ0) is 20.8. The Hall–Kier alpha value is -4.64. The Morgan fingerprint density at radius 2 is 1.07 bits per heavy atom. The minimum Gasteiger partial charge on any atom is -0.493 e. The van der Waals surface area contributed by atoms with E-state index < -0.39 is 0 Å². The van der Waals surface area contributed by atoms with E-state index in [1.165, 1.54) is 0 Å². The third kappa shape index (κ3) is 3.95. The van der Waals surface area contributed by atoms with Crippen LogP contribution >= 0.6 is 0 Å². The number of hydrogen-bond donors (Lipinski definition) is 0. The van der Waals surface area contributed by atoms with Gasteiger partial charge in [0.25, 0.3) is 0 Å². The fourth-order valence-electron chi connectivity index (χ4n) is 2.75. The van der Waals surface area contributed by atoms with Crippen molar-refractivity contribution in [1.82, 2.24) is 9.97 Å². The molecule has 4 nitrogen and oxygen atoms in total. The first-order chi connectivity index (χ1) is 14.8. The van der Waals surface area contributed by atoms with Crippen molar-refractivity contribution in [3.05, 3.63) is 97.3 Å². The molecule has 2 aromatic carbocycles. The molecule has 2 heterocycles. The summed E-state index contributed by atoms with van der Waals surface area (Å²) in [5, 5.41) is 2.78. The zero-order valence-corrected chi connectivity index (χ0v) is 16.3. The second-order valence-corrected chi connectivity index (χ2v) is 6.05. The van der Waals surface area contributed by atoms with E-state index in [1.54, 1.807) is 38.7 Å². The fraction of sp³-hybridized carbons (Fsp3) is 0.0769. The van der Waals surface area contributed by atoms with Gasteiger partial charge in [-0.1, -0.05) is 12.1 Å². The van der Waals surface area contributed by atoms with Gasteiger partial charge < -0.3 is 9.47 Å². The average molecular weight is 386 g/mol. The Balaban J connectivity index is 2.15. The summed E-state index contributed by atoms with van der Waals surface area (Å²) in [6.07, 6.45) is 3.36. The lowest BCUT2D eigenvalue weighted by Gasteiger charge is -2.06. The monoisotopic (exact) mass is 386 g/mol. The second kappa shape index (κ2) is 8.58. The molecule has 0 aliphatic carbocycles. The molecule has 0 N–H and O–H groups in total. The molecule has 0 amide bonds. The molecule has 4 heteroatoms. The van der Waals surface area contributed by atoms with Crippen LogP contribution in [0, 0.1) is 48.5 Å². The maximum absolute atomic E-state index is 5.43. The lowest BCUT2D eigenvalue weighted by atomic mass is 10.2. The van der Waals surface area contributed by atoms with Gasteiger partial charge in [-0.2, -0.15) is 0 Å². The summed E-state index contributed by atoms with van der Waals surface area (Å²) < 4.78 is 10.9. The molecule has 0 saturated heterocycles. The molecule has 0 spiro atoms. The van der Waals surface area contributed by atoms with Gasteiger partial charge >= 0.3 is 0 Å². The van der Waals surface area contributed by atoms with Crippen molar-refractivity contribution in [2.75, 3.05) is 14.2 Å². The molecule has 0 atom stereocenters. The summed E-state index contributed by atoms with van der Waals surface area (Å²) in [5.41, 5.74) is 1.14. The van der Waals surface area contributed by atoms with Gasteiger partial charge in [0.05, 0.1) is 25.0 Å². The molecule has 4 rings (SSSR count). The Bertz CT molecular complexity index is 1230. The van der Waals surface area contributed by atoms with E-state index in [1.807, 2.05) is 24.3 Å². The van der Waals surface area contributed by atoms with Crippen LogP contribution in [0.25, 0.3) is 32.6 Å². The van der Waals surface area contributed by atoms with Crippen LogP contribution in [0.4, 0.5) is 0 Å². The van der Waals surface area contributed by atoms with Crippen LogP contribution in [-0.2, 0) is 0 Å². The average Bonchev–Trinajstić information content (AvgIpc) is 2.79. The Morgan fingerprint density at radius 3 is 1.50 bits per heavy atom. The van der Waals surface area contributed by atoms with E-state index in [-0.39, 0.29) is 0 Å². The van der Waals surface area contributed by atoms with E-state index in [4.69, 9.17) is 9.47 Å². The summed E-state index contributed by atoms with van der Waals surface area (Å²) in [4.78, 5) is 8.70. The number of methoxy groups -OCH3 is 2. The van der Waals surface area contributed by atoms with E-state index in [0.717, 1.165) is 0 Å². The molecule has 2 aromatic heterocycles. The summed E-state index contributed by atoms with van der Waals surface area (Å²) in [5.74, 6) is 1.14. The van der Waals surface area contributed by atoms with Crippen LogP contribution in [0.15, 0.2) is 48.8 Å². The van der Waals surface area contributed by atoms with E-state index in [0.29, 0.717) is 44.1 Å². The quantitative estimate of drug-likeness (QED) is 0.505. The molecule has 0 aliphatic rings. The highest BCUT2D eigenvalue weighted by molar-refractivity contribution is 5.84. The van der Waals surface area contributed by atoms with E-state index in [9.17, 15) is 0 Å². The normalized spacial score (nSPS) is 9.27. The van der Waals surface area contributed by atoms with Gasteiger partial charge in [-0.25, -0.2) is 9.97 Å². The SMILES string of the molecule is COc1cc2c#cc3ncccc3c#cc#cc3cccnc3c#cc2cc1OC. The maximum Gasteiger partial charge on any atom is 0.162 e. The highest BCUT2D eigenvalue weighted by atomic mass is 16.5. The van der Waals surface area contributed by atoms with E-state index in [2.05, 4.69) is 58.5 Å². The van der Waals surface area contributed by atoms with Gasteiger partial charge in [-0.3, -0.25) is 0 Å². The van der Waals surface area contributed by atoms with Crippen molar-refractivity contribution in [3.63, 3.8) is 0 Å². The topological polar surface area (TPSA) is 44.2 Å². The molecule has 0 aliphatic heterocycles. The number of aromatic nitrogens is 2. The van der Waals surface area contributed by atoms with Gasteiger partial charge in [-0.05, 0) is 60.7 Å². The molecule has 140 valence electrons. The number of rotatable bonds is 2. The first kappa shape index (κ1) is 18.7. The van der Waals surface area contributed by atoms with Crippen LogP contribution in [-0.4, -0.2) is 24.2 Å². The standard InChI is InChI=1S/C26H14N2O2/c1-29-25-17-21-11-13-23-19(9-5-15-27-23)7-3-4-8-20-10-6-16-28-24(20)14-12-22(21)18-26(25)30-2/h5-6,9-10,15-18H,1-2H3. The molecule has 0 bridgehead atoms. The van der Waals surface area contributed by atoms with Gasteiger partial charge in [-0.15, -0.1) is 0 Å². The molecular formula is C26H14N2O2. The predicted molar refractivity (Wildman–Crippen MR) is 114 cm³/mol. The molecule has 30 heavy (non-hydrogen) atoms. The highest BCUT2D eigenvalue weighted by Crippen LogP contribution is 2.30. The van der Waals surface area contributed by atoms with Gasteiger partial charge in [0.2, 0.25) is 0 Å². The van der Waals surface area contributed by atoms with Crippen LogP contribution in [0.3, 0.4) is 0 Å². The Morgan fingerprint density at radius 1 is 0.600 bits per heavy atom. The Kier molecular flexibility index (Phi) is 5.35. The number of ether oxygens (including phenoxy) is 2. The van der Waals surface area contributed by atoms with Crippen molar-refractivity contribution in [2.45, 2.75) is 0 Å². The fourth-order valence-corrected chi connectivity index (χ4v) is 2.75. The van der Waals surface area contributed by atoms with Gasteiger partial charge in [0.15, 0.2) is 11.5 Å².